The molecule has 0 fully saturated rings. The van der Waals surface area contributed by atoms with Gasteiger partial charge in [0.25, 0.3) is 0 Å². The molecule has 0 bridgehead atoms. The van der Waals surface area contributed by atoms with Crippen LogP contribution in [0, 0.1) is 5.82 Å². The van der Waals surface area contributed by atoms with Crippen LogP contribution in [0.4, 0.5) is 10.1 Å². The van der Waals surface area contributed by atoms with Gasteiger partial charge in [0, 0.05) is 19.2 Å². The van der Waals surface area contributed by atoms with Gasteiger partial charge in [-0.25, -0.2) is 12.8 Å². The molecule has 2 N–H and O–H groups in total. The van der Waals surface area contributed by atoms with E-state index < -0.39 is 15.8 Å². The van der Waals surface area contributed by atoms with Crippen molar-refractivity contribution in [2.45, 2.75) is 11.4 Å². The summed E-state index contributed by atoms with van der Waals surface area (Å²) in [4.78, 5) is -0.142. The highest BCUT2D eigenvalue weighted by Gasteiger charge is 2.25. The van der Waals surface area contributed by atoms with Crippen molar-refractivity contribution in [3.05, 3.63) is 46.6 Å². The zero-order valence-electron chi connectivity index (χ0n) is 10.5. The normalized spacial score (nSPS) is 12.0. The van der Waals surface area contributed by atoms with Crippen molar-refractivity contribution < 1.29 is 17.2 Å². The molecule has 8 heteroatoms. The average molecular weight is 363 g/mol. The SMILES string of the molecule is CN(Cc1ccoc1)S(=O)(=O)c1cc(Br)c(F)cc1N. The van der Waals surface area contributed by atoms with E-state index in [0.29, 0.717) is 5.56 Å². The summed E-state index contributed by atoms with van der Waals surface area (Å²) in [6.07, 6.45) is 2.91. The number of benzene rings is 1. The van der Waals surface area contributed by atoms with Crippen molar-refractivity contribution >= 4 is 31.6 Å². The summed E-state index contributed by atoms with van der Waals surface area (Å²) in [6, 6.07) is 3.80. The van der Waals surface area contributed by atoms with Crippen LogP contribution in [0.2, 0.25) is 0 Å². The number of hydrogen-bond donors (Lipinski definition) is 1. The van der Waals surface area contributed by atoms with Crippen molar-refractivity contribution in [3.63, 3.8) is 0 Å². The number of sulfonamides is 1. The lowest BCUT2D eigenvalue weighted by Crippen LogP contribution is -2.27. The highest BCUT2D eigenvalue weighted by Crippen LogP contribution is 2.28. The van der Waals surface area contributed by atoms with Crippen molar-refractivity contribution in [3.8, 4) is 0 Å². The second-order valence-corrected chi connectivity index (χ2v) is 7.06. The Balaban J connectivity index is 2.37. The van der Waals surface area contributed by atoms with Crippen molar-refractivity contribution in [2.75, 3.05) is 12.8 Å². The van der Waals surface area contributed by atoms with Crippen LogP contribution in [0.1, 0.15) is 5.56 Å². The summed E-state index contributed by atoms with van der Waals surface area (Å²) in [7, 11) is -2.40. The van der Waals surface area contributed by atoms with E-state index >= 15 is 0 Å². The van der Waals surface area contributed by atoms with E-state index in [1.807, 2.05) is 0 Å². The minimum atomic E-state index is -3.81. The molecule has 0 saturated heterocycles. The summed E-state index contributed by atoms with van der Waals surface area (Å²) >= 11 is 2.95. The Hall–Kier alpha value is -1.38. The molecule has 0 radical (unpaired) electrons. The van der Waals surface area contributed by atoms with Crippen LogP contribution >= 0.6 is 15.9 Å². The van der Waals surface area contributed by atoms with Crippen LogP contribution in [0.25, 0.3) is 0 Å². The molecule has 2 aromatic rings. The number of nitrogens with zero attached hydrogens (tertiary/aromatic N) is 1. The maximum Gasteiger partial charge on any atom is 0.245 e. The molecule has 1 aromatic heterocycles. The molecule has 20 heavy (non-hydrogen) atoms. The van der Waals surface area contributed by atoms with Crippen LogP contribution in [-0.4, -0.2) is 19.8 Å². The fourth-order valence-corrected chi connectivity index (χ4v) is 3.43. The standard InChI is InChI=1S/C12H12BrFN2O3S/c1-16(6-8-2-3-19-7-8)20(17,18)12-4-9(13)10(14)5-11(12)15/h2-5,7H,6,15H2,1H3. The van der Waals surface area contributed by atoms with Gasteiger partial charge in [-0.2, -0.15) is 4.31 Å². The number of halogens is 2. The van der Waals surface area contributed by atoms with Gasteiger partial charge >= 0.3 is 0 Å². The fourth-order valence-electron chi connectivity index (χ4n) is 1.66. The Bertz CT molecular complexity index is 717. The van der Waals surface area contributed by atoms with E-state index in [1.54, 1.807) is 6.07 Å². The molecule has 2 rings (SSSR count). The Labute approximate surface area is 124 Å². The third-order valence-electron chi connectivity index (χ3n) is 2.73. The van der Waals surface area contributed by atoms with Gasteiger partial charge in [-0.05, 0) is 34.1 Å². The zero-order chi connectivity index (χ0) is 14.9. The molecular formula is C12H12BrFN2O3S. The zero-order valence-corrected chi connectivity index (χ0v) is 12.9. The smallest absolute Gasteiger partial charge is 0.245 e. The highest BCUT2D eigenvalue weighted by atomic mass is 79.9. The lowest BCUT2D eigenvalue weighted by molar-refractivity contribution is 0.463. The third kappa shape index (κ3) is 2.87. The second kappa shape index (κ2) is 5.55. The quantitative estimate of drug-likeness (QED) is 0.848. The summed E-state index contributed by atoms with van der Waals surface area (Å²) < 4.78 is 44.2. The van der Waals surface area contributed by atoms with Gasteiger partial charge in [0.2, 0.25) is 10.0 Å². The van der Waals surface area contributed by atoms with Gasteiger partial charge in [-0.1, -0.05) is 0 Å². The summed E-state index contributed by atoms with van der Waals surface area (Å²) in [5, 5.41) is 0. The predicted molar refractivity (Wildman–Crippen MR) is 75.9 cm³/mol. The molecule has 0 aliphatic rings. The first-order valence-electron chi connectivity index (χ1n) is 5.54. The van der Waals surface area contributed by atoms with Gasteiger partial charge < -0.3 is 10.2 Å². The molecule has 0 saturated carbocycles. The molecule has 0 unspecified atom stereocenters. The largest absolute Gasteiger partial charge is 0.472 e. The maximum absolute atomic E-state index is 13.3. The van der Waals surface area contributed by atoms with E-state index in [-0.39, 0.29) is 21.6 Å². The number of hydrogen-bond acceptors (Lipinski definition) is 4. The average Bonchev–Trinajstić information content (AvgIpc) is 2.86. The van der Waals surface area contributed by atoms with Crippen molar-refractivity contribution in [1.29, 1.82) is 0 Å². The number of rotatable bonds is 4. The first kappa shape index (κ1) is 15.0. The lowest BCUT2D eigenvalue weighted by atomic mass is 10.3. The molecule has 0 aliphatic carbocycles. The summed E-state index contributed by atoms with van der Waals surface area (Å²) in [5.41, 5.74) is 6.17. The number of furan rings is 1. The maximum atomic E-state index is 13.3. The third-order valence-corrected chi connectivity index (χ3v) is 5.19. The fraction of sp³-hybridized carbons (Fsp3) is 0.167. The second-order valence-electron chi connectivity index (χ2n) is 4.20. The monoisotopic (exact) mass is 362 g/mol. The molecule has 1 heterocycles. The molecule has 0 aliphatic heterocycles. The first-order valence-corrected chi connectivity index (χ1v) is 7.77. The van der Waals surface area contributed by atoms with Crippen LogP contribution in [0.3, 0.4) is 0 Å². The molecule has 108 valence electrons. The van der Waals surface area contributed by atoms with E-state index in [0.717, 1.165) is 16.4 Å². The summed E-state index contributed by atoms with van der Waals surface area (Å²) in [5.74, 6) is -0.612. The highest BCUT2D eigenvalue weighted by molar-refractivity contribution is 9.10. The topological polar surface area (TPSA) is 76.5 Å². The van der Waals surface area contributed by atoms with Crippen molar-refractivity contribution in [2.24, 2.45) is 0 Å². The van der Waals surface area contributed by atoms with Gasteiger partial charge in [0.15, 0.2) is 0 Å². The van der Waals surface area contributed by atoms with Gasteiger partial charge in [-0.15, -0.1) is 0 Å². The van der Waals surface area contributed by atoms with Crippen LogP contribution in [0.15, 0.2) is 44.5 Å². The number of anilines is 1. The number of nitrogens with two attached hydrogens (primary N) is 1. The molecule has 0 atom stereocenters. The van der Waals surface area contributed by atoms with Crippen molar-refractivity contribution in [1.82, 2.24) is 4.31 Å². The van der Waals surface area contributed by atoms with E-state index in [4.69, 9.17) is 10.2 Å². The molecule has 1 aromatic carbocycles. The molecule has 5 nitrogen and oxygen atoms in total. The van der Waals surface area contributed by atoms with Crippen LogP contribution < -0.4 is 5.73 Å². The Morgan fingerprint density at radius 3 is 2.75 bits per heavy atom. The summed E-state index contributed by atoms with van der Waals surface area (Å²) in [6.45, 7) is 0.132. The van der Waals surface area contributed by atoms with Gasteiger partial charge in [0.1, 0.15) is 10.7 Å². The van der Waals surface area contributed by atoms with Gasteiger partial charge in [-0.3, -0.25) is 0 Å². The Morgan fingerprint density at radius 2 is 2.15 bits per heavy atom. The van der Waals surface area contributed by atoms with Crippen LogP contribution in [-0.2, 0) is 16.6 Å². The molecule has 0 spiro atoms. The van der Waals surface area contributed by atoms with E-state index in [1.165, 1.54) is 19.6 Å². The van der Waals surface area contributed by atoms with E-state index in [2.05, 4.69) is 15.9 Å². The first-order chi connectivity index (χ1) is 9.32. The Morgan fingerprint density at radius 1 is 1.45 bits per heavy atom. The Kier molecular flexibility index (Phi) is 4.17. The van der Waals surface area contributed by atoms with Crippen LogP contribution in [0.5, 0.6) is 0 Å². The van der Waals surface area contributed by atoms with E-state index in [9.17, 15) is 12.8 Å². The number of nitrogen functional groups attached to an aromatic ring is 1. The van der Waals surface area contributed by atoms with Gasteiger partial charge in [0.05, 0.1) is 22.7 Å². The predicted octanol–water partition coefficient (Wildman–Crippen LogP) is 2.58. The molecular weight excluding hydrogens is 351 g/mol. The molecule has 0 amide bonds. The minimum absolute atomic E-state index is 0.0435. The minimum Gasteiger partial charge on any atom is -0.472 e. The lowest BCUT2D eigenvalue weighted by Gasteiger charge is -2.18.